The molecular formula is C17H18ClN5O. The summed E-state index contributed by atoms with van der Waals surface area (Å²) in [5.74, 6) is 2.28. The number of aromatic nitrogens is 4. The average Bonchev–Trinajstić information content (AvgIpc) is 3.11. The maximum absolute atomic E-state index is 6.15. The van der Waals surface area contributed by atoms with Crippen LogP contribution in [-0.4, -0.2) is 38.8 Å². The van der Waals surface area contributed by atoms with E-state index in [9.17, 15) is 0 Å². The van der Waals surface area contributed by atoms with Crippen LogP contribution >= 0.6 is 11.6 Å². The third-order valence-electron chi connectivity index (χ3n) is 4.78. The molecule has 1 unspecified atom stereocenters. The molecule has 2 aliphatic rings. The molecule has 1 aliphatic carbocycles. The van der Waals surface area contributed by atoms with E-state index in [0.29, 0.717) is 10.9 Å². The van der Waals surface area contributed by atoms with Gasteiger partial charge < -0.3 is 10.1 Å². The van der Waals surface area contributed by atoms with E-state index >= 15 is 0 Å². The lowest BCUT2D eigenvalue weighted by molar-refractivity contribution is 0.120. The van der Waals surface area contributed by atoms with Gasteiger partial charge in [0.1, 0.15) is 5.82 Å². The second kappa shape index (κ2) is 5.57. The van der Waals surface area contributed by atoms with Crippen molar-refractivity contribution in [1.82, 2.24) is 19.6 Å². The Hall–Kier alpha value is -1.92. The Morgan fingerprint density at radius 2 is 2.17 bits per heavy atom. The van der Waals surface area contributed by atoms with Gasteiger partial charge in [-0.3, -0.25) is 0 Å². The van der Waals surface area contributed by atoms with Crippen LogP contribution in [0, 0.1) is 0 Å². The quantitative estimate of drug-likeness (QED) is 0.786. The average molecular weight is 344 g/mol. The minimum Gasteiger partial charge on any atom is -0.376 e. The number of benzene rings is 1. The first-order valence-electron chi connectivity index (χ1n) is 8.49. The smallest absolute Gasteiger partial charge is 0.210 e. The van der Waals surface area contributed by atoms with Crippen LogP contribution in [0.4, 0.5) is 5.95 Å². The van der Waals surface area contributed by atoms with Gasteiger partial charge in [-0.1, -0.05) is 11.6 Å². The van der Waals surface area contributed by atoms with E-state index in [0.717, 1.165) is 54.3 Å². The number of nitrogens with zero attached hydrogens (tertiary/aromatic N) is 4. The Bertz CT molecular complexity index is 914. The van der Waals surface area contributed by atoms with Crippen LogP contribution in [-0.2, 0) is 4.74 Å². The van der Waals surface area contributed by atoms with Gasteiger partial charge in [-0.15, -0.1) is 10.2 Å². The van der Waals surface area contributed by atoms with Gasteiger partial charge in [-0.05, 0) is 43.9 Å². The van der Waals surface area contributed by atoms with E-state index in [1.165, 1.54) is 12.8 Å². The molecule has 6 nitrogen and oxygen atoms in total. The highest BCUT2D eigenvalue weighted by Gasteiger charge is 2.30. The molecule has 1 N–H and O–H groups in total. The number of hydrogen-bond acceptors (Lipinski definition) is 5. The van der Waals surface area contributed by atoms with E-state index in [1.807, 2.05) is 18.2 Å². The van der Waals surface area contributed by atoms with E-state index in [2.05, 4.69) is 19.9 Å². The summed E-state index contributed by atoms with van der Waals surface area (Å²) in [5.41, 5.74) is 1.67. The van der Waals surface area contributed by atoms with E-state index < -0.39 is 0 Å². The van der Waals surface area contributed by atoms with Crippen molar-refractivity contribution in [2.45, 2.75) is 37.7 Å². The highest BCUT2D eigenvalue weighted by Crippen LogP contribution is 2.40. The lowest BCUT2D eigenvalue weighted by Crippen LogP contribution is -2.21. The molecule has 2 fully saturated rings. The molecule has 0 spiro atoms. The van der Waals surface area contributed by atoms with Crippen molar-refractivity contribution in [3.8, 4) is 0 Å². The Morgan fingerprint density at radius 3 is 2.96 bits per heavy atom. The first-order valence-corrected chi connectivity index (χ1v) is 8.87. The predicted octanol–water partition coefficient (Wildman–Crippen LogP) is 3.40. The molecular weight excluding hydrogens is 326 g/mol. The van der Waals surface area contributed by atoms with Gasteiger partial charge >= 0.3 is 0 Å². The van der Waals surface area contributed by atoms with Gasteiger partial charge in [0.25, 0.3) is 0 Å². The van der Waals surface area contributed by atoms with E-state index in [-0.39, 0.29) is 6.10 Å². The largest absolute Gasteiger partial charge is 0.376 e. The summed E-state index contributed by atoms with van der Waals surface area (Å²) in [7, 11) is 0. The Balaban J connectivity index is 1.64. The molecule has 5 rings (SSSR count). The second-order valence-corrected chi connectivity index (χ2v) is 7.04. The first kappa shape index (κ1) is 14.4. The molecule has 1 saturated carbocycles. The molecule has 124 valence electrons. The third-order valence-corrected chi connectivity index (χ3v) is 5.02. The molecule has 1 atom stereocenters. The number of rotatable bonds is 4. The summed E-state index contributed by atoms with van der Waals surface area (Å²) in [6.07, 6.45) is 4.81. The predicted molar refractivity (Wildman–Crippen MR) is 92.7 cm³/mol. The van der Waals surface area contributed by atoms with Crippen LogP contribution in [0.25, 0.3) is 16.6 Å². The number of anilines is 1. The minimum absolute atomic E-state index is 0.248. The van der Waals surface area contributed by atoms with Crippen molar-refractivity contribution in [2.24, 2.45) is 0 Å². The lowest BCUT2D eigenvalue weighted by atomic mass is 10.2. The zero-order valence-corrected chi connectivity index (χ0v) is 14.0. The lowest BCUT2D eigenvalue weighted by Gasteiger charge is -2.14. The maximum atomic E-state index is 6.15. The van der Waals surface area contributed by atoms with Gasteiger partial charge in [-0.2, -0.15) is 0 Å². The molecule has 1 aromatic carbocycles. The number of fused-ring (bicyclic) bond motifs is 3. The molecule has 2 aromatic heterocycles. The summed E-state index contributed by atoms with van der Waals surface area (Å²) in [6.45, 7) is 1.60. The van der Waals surface area contributed by atoms with Crippen molar-refractivity contribution < 1.29 is 4.74 Å². The van der Waals surface area contributed by atoms with Crippen molar-refractivity contribution in [2.75, 3.05) is 18.5 Å². The SMILES string of the molecule is Clc1ccc2c(c1)nc(NCC1CCCO1)n1c(C3CC3)nnc21. The van der Waals surface area contributed by atoms with Crippen molar-refractivity contribution in [1.29, 1.82) is 0 Å². The molecule has 1 saturated heterocycles. The van der Waals surface area contributed by atoms with Crippen molar-refractivity contribution in [3.63, 3.8) is 0 Å². The highest BCUT2D eigenvalue weighted by molar-refractivity contribution is 6.31. The summed E-state index contributed by atoms with van der Waals surface area (Å²) in [6, 6.07) is 5.71. The summed E-state index contributed by atoms with van der Waals surface area (Å²) >= 11 is 6.15. The fourth-order valence-electron chi connectivity index (χ4n) is 3.36. The summed E-state index contributed by atoms with van der Waals surface area (Å²) in [5, 5.41) is 14.0. The minimum atomic E-state index is 0.248. The molecule has 3 aromatic rings. The first-order chi connectivity index (χ1) is 11.8. The van der Waals surface area contributed by atoms with Gasteiger partial charge in [0.15, 0.2) is 5.65 Å². The Kier molecular flexibility index (Phi) is 3.35. The van der Waals surface area contributed by atoms with Gasteiger partial charge in [0, 0.05) is 29.5 Å². The van der Waals surface area contributed by atoms with Gasteiger partial charge in [-0.25, -0.2) is 9.38 Å². The zero-order valence-electron chi connectivity index (χ0n) is 13.2. The fraction of sp³-hybridized carbons (Fsp3) is 0.471. The van der Waals surface area contributed by atoms with Crippen LogP contribution in [0.15, 0.2) is 18.2 Å². The zero-order chi connectivity index (χ0) is 16.1. The molecule has 0 bridgehead atoms. The second-order valence-electron chi connectivity index (χ2n) is 6.60. The molecule has 7 heteroatoms. The van der Waals surface area contributed by atoms with E-state index in [4.69, 9.17) is 21.3 Å². The molecule has 0 amide bonds. The monoisotopic (exact) mass is 343 g/mol. The van der Waals surface area contributed by atoms with Crippen molar-refractivity contribution in [3.05, 3.63) is 29.0 Å². The van der Waals surface area contributed by atoms with Crippen LogP contribution in [0.2, 0.25) is 5.02 Å². The summed E-state index contributed by atoms with van der Waals surface area (Å²) < 4.78 is 7.79. The molecule has 1 aliphatic heterocycles. The van der Waals surface area contributed by atoms with Gasteiger partial charge in [0.05, 0.1) is 11.6 Å². The summed E-state index contributed by atoms with van der Waals surface area (Å²) in [4.78, 5) is 4.80. The van der Waals surface area contributed by atoms with Crippen LogP contribution in [0.3, 0.4) is 0 Å². The molecule has 0 radical (unpaired) electrons. The van der Waals surface area contributed by atoms with Crippen LogP contribution < -0.4 is 5.32 Å². The number of hydrogen-bond donors (Lipinski definition) is 1. The topological polar surface area (TPSA) is 64.3 Å². The Morgan fingerprint density at radius 1 is 1.25 bits per heavy atom. The van der Waals surface area contributed by atoms with Crippen molar-refractivity contribution >= 4 is 34.1 Å². The number of nitrogens with one attached hydrogen (secondary N) is 1. The molecule has 24 heavy (non-hydrogen) atoms. The normalized spacial score (nSPS) is 21.0. The standard InChI is InChI=1S/C17H18ClN5O/c18-11-5-6-13-14(8-11)20-17(19-9-12-2-1-7-24-12)23-15(10-3-4-10)21-22-16(13)23/h5-6,8,10,12H,1-4,7,9H2,(H,19,20). The Labute approximate surface area is 144 Å². The highest BCUT2D eigenvalue weighted by atomic mass is 35.5. The van der Waals surface area contributed by atoms with Crippen LogP contribution in [0.1, 0.15) is 37.4 Å². The van der Waals surface area contributed by atoms with Gasteiger partial charge in [0.2, 0.25) is 5.95 Å². The van der Waals surface area contributed by atoms with E-state index in [1.54, 1.807) is 0 Å². The number of halogens is 1. The third kappa shape index (κ3) is 2.41. The fourth-order valence-corrected chi connectivity index (χ4v) is 3.53. The molecule has 3 heterocycles. The maximum Gasteiger partial charge on any atom is 0.210 e. The van der Waals surface area contributed by atoms with Crippen LogP contribution in [0.5, 0.6) is 0 Å². The number of ether oxygens (including phenoxy) is 1.